The molecular formula is C15H31N3. The van der Waals surface area contributed by atoms with E-state index in [0.29, 0.717) is 0 Å². The maximum absolute atomic E-state index is 3.67. The van der Waals surface area contributed by atoms with Gasteiger partial charge in [-0.1, -0.05) is 6.92 Å². The highest BCUT2D eigenvalue weighted by Crippen LogP contribution is 2.15. The Bertz CT molecular complexity index is 206. The van der Waals surface area contributed by atoms with E-state index in [0.717, 1.165) is 5.92 Å². The van der Waals surface area contributed by atoms with Crippen LogP contribution in [-0.4, -0.2) is 62.2 Å². The van der Waals surface area contributed by atoms with Gasteiger partial charge in [0, 0.05) is 0 Å². The van der Waals surface area contributed by atoms with Gasteiger partial charge in [-0.3, -0.25) is 0 Å². The highest BCUT2D eigenvalue weighted by Gasteiger charge is 2.17. The van der Waals surface area contributed by atoms with Crippen molar-refractivity contribution in [3.63, 3.8) is 0 Å². The summed E-state index contributed by atoms with van der Waals surface area (Å²) in [5, 5.41) is 3.67. The summed E-state index contributed by atoms with van der Waals surface area (Å²) in [4.78, 5) is 5.19. The van der Waals surface area contributed by atoms with Gasteiger partial charge in [-0.15, -0.1) is 0 Å². The molecule has 0 aromatic rings. The van der Waals surface area contributed by atoms with Gasteiger partial charge in [-0.25, -0.2) is 0 Å². The number of hydrogen-bond acceptors (Lipinski definition) is 3. The highest BCUT2D eigenvalue weighted by molar-refractivity contribution is 4.73. The van der Waals surface area contributed by atoms with Crippen LogP contribution in [0.5, 0.6) is 0 Å². The number of nitrogens with zero attached hydrogens (tertiary/aromatic N) is 2. The lowest BCUT2D eigenvalue weighted by molar-refractivity contribution is 0.190. The van der Waals surface area contributed by atoms with E-state index in [9.17, 15) is 0 Å². The smallest absolute Gasteiger partial charge is 0.000664 e. The van der Waals surface area contributed by atoms with Crippen LogP contribution in [0.2, 0.25) is 0 Å². The third-order valence-electron chi connectivity index (χ3n) is 4.61. The van der Waals surface area contributed by atoms with Crippen molar-refractivity contribution in [2.45, 2.75) is 39.0 Å². The van der Waals surface area contributed by atoms with Crippen molar-refractivity contribution in [3.05, 3.63) is 0 Å². The first kappa shape index (κ1) is 14.3. The van der Waals surface area contributed by atoms with Gasteiger partial charge in [-0.05, 0) is 90.4 Å². The lowest BCUT2D eigenvalue weighted by Crippen LogP contribution is -2.37. The standard InChI is InChI=1S/C15H31N3/c1-2-17-12-6-15(7-13-17)14-16-8-5-11-18-9-3-4-10-18/h15-16H,2-14H2,1H3. The molecule has 0 bridgehead atoms. The summed E-state index contributed by atoms with van der Waals surface area (Å²) in [5.74, 6) is 0.930. The molecular weight excluding hydrogens is 222 g/mol. The molecule has 2 heterocycles. The van der Waals surface area contributed by atoms with Gasteiger partial charge >= 0.3 is 0 Å². The van der Waals surface area contributed by atoms with Crippen LogP contribution in [0.4, 0.5) is 0 Å². The van der Waals surface area contributed by atoms with Crippen molar-refractivity contribution >= 4 is 0 Å². The van der Waals surface area contributed by atoms with E-state index >= 15 is 0 Å². The molecule has 18 heavy (non-hydrogen) atoms. The number of rotatable bonds is 7. The van der Waals surface area contributed by atoms with E-state index in [2.05, 4.69) is 22.0 Å². The molecule has 3 heteroatoms. The maximum Gasteiger partial charge on any atom is -0.000664 e. The van der Waals surface area contributed by atoms with Crippen LogP contribution < -0.4 is 5.32 Å². The molecule has 0 unspecified atom stereocenters. The van der Waals surface area contributed by atoms with Gasteiger partial charge in [0.05, 0.1) is 0 Å². The molecule has 0 atom stereocenters. The van der Waals surface area contributed by atoms with E-state index in [1.807, 2.05) is 0 Å². The molecule has 0 aromatic carbocycles. The Hall–Kier alpha value is -0.120. The van der Waals surface area contributed by atoms with Gasteiger partial charge in [0.1, 0.15) is 0 Å². The Morgan fingerprint density at radius 3 is 2.39 bits per heavy atom. The van der Waals surface area contributed by atoms with Crippen molar-refractivity contribution in [3.8, 4) is 0 Å². The van der Waals surface area contributed by atoms with Gasteiger partial charge in [0.2, 0.25) is 0 Å². The minimum atomic E-state index is 0.930. The SMILES string of the molecule is CCN1CCC(CNCCCN2CCCC2)CC1. The highest BCUT2D eigenvalue weighted by atomic mass is 15.1. The van der Waals surface area contributed by atoms with Crippen molar-refractivity contribution in [2.75, 3.05) is 52.4 Å². The molecule has 2 aliphatic rings. The maximum atomic E-state index is 3.67. The largest absolute Gasteiger partial charge is 0.316 e. The Labute approximate surface area is 113 Å². The number of piperidine rings is 1. The van der Waals surface area contributed by atoms with Gasteiger partial charge in [0.25, 0.3) is 0 Å². The summed E-state index contributed by atoms with van der Waals surface area (Å²) in [7, 11) is 0. The number of hydrogen-bond donors (Lipinski definition) is 1. The Balaban J connectivity index is 1.43. The van der Waals surface area contributed by atoms with Crippen LogP contribution in [0.15, 0.2) is 0 Å². The molecule has 2 rings (SSSR count). The fourth-order valence-corrected chi connectivity index (χ4v) is 3.25. The third-order valence-corrected chi connectivity index (χ3v) is 4.61. The first-order chi connectivity index (χ1) is 8.88. The van der Waals surface area contributed by atoms with Crippen LogP contribution in [0.25, 0.3) is 0 Å². The average molecular weight is 253 g/mol. The second-order valence-corrected chi connectivity index (χ2v) is 5.98. The van der Waals surface area contributed by atoms with Crippen molar-refractivity contribution in [1.82, 2.24) is 15.1 Å². The van der Waals surface area contributed by atoms with Crippen LogP contribution in [0.3, 0.4) is 0 Å². The van der Waals surface area contributed by atoms with Gasteiger partial charge in [0.15, 0.2) is 0 Å². The molecule has 2 aliphatic heterocycles. The quantitative estimate of drug-likeness (QED) is 0.698. The normalized spacial score (nSPS) is 23.8. The molecule has 0 radical (unpaired) electrons. The second-order valence-electron chi connectivity index (χ2n) is 5.98. The average Bonchev–Trinajstić information content (AvgIpc) is 2.92. The van der Waals surface area contributed by atoms with E-state index in [-0.39, 0.29) is 0 Å². The minimum absolute atomic E-state index is 0.930. The van der Waals surface area contributed by atoms with E-state index in [1.165, 1.54) is 84.5 Å². The molecule has 2 saturated heterocycles. The topological polar surface area (TPSA) is 18.5 Å². The zero-order valence-corrected chi connectivity index (χ0v) is 12.2. The van der Waals surface area contributed by atoms with E-state index in [4.69, 9.17) is 0 Å². The predicted octanol–water partition coefficient (Wildman–Crippen LogP) is 1.79. The molecule has 2 fully saturated rings. The zero-order chi connectivity index (χ0) is 12.6. The van der Waals surface area contributed by atoms with E-state index < -0.39 is 0 Å². The van der Waals surface area contributed by atoms with Crippen molar-refractivity contribution in [1.29, 1.82) is 0 Å². The van der Waals surface area contributed by atoms with E-state index in [1.54, 1.807) is 0 Å². The van der Waals surface area contributed by atoms with Gasteiger partial charge in [-0.2, -0.15) is 0 Å². The summed E-state index contributed by atoms with van der Waals surface area (Å²) in [6.45, 7) is 12.6. The van der Waals surface area contributed by atoms with Crippen LogP contribution in [0.1, 0.15) is 39.0 Å². The van der Waals surface area contributed by atoms with Crippen molar-refractivity contribution < 1.29 is 0 Å². The number of nitrogens with one attached hydrogen (secondary N) is 1. The lowest BCUT2D eigenvalue weighted by Gasteiger charge is -2.31. The fraction of sp³-hybridized carbons (Fsp3) is 1.00. The van der Waals surface area contributed by atoms with Gasteiger partial charge < -0.3 is 15.1 Å². The first-order valence-corrected chi connectivity index (χ1v) is 8.04. The summed E-state index contributed by atoms with van der Waals surface area (Å²) in [6.07, 6.45) is 6.96. The monoisotopic (exact) mass is 253 g/mol. The Morgan fingerprint density at radius 2 is 1.72 bits per heavy atom. The van der Waals surface area contributed by atoms with Crippen LogP contribution in [-0.2, 0) is 0 Å². The summed E-state index contributed by atoms with van der Waals surface area (Å²) in [6, 6.07) is 0. The molecule has 106 valence electrons. The summed E-state index contributed by atoms with van der Waals surface area (Å²) in [5.41, 5.74) is 0. The molecule has 0 amide bonds. The third kappa shape index (κ3) is 4.87. The molecule has 3 nitrogen and oxygen atoms in total. The Morgan fingerprint density at radius 1 is 1.00 bits per heavy atom. The number of likely N-dealkylation sites (tertiary alicyclic amines) is 2. The Kier molecular flexibility index (Phi) is 6.46. The molecule has 0 aliphatic carbocycles. The molecule has 0 aromatic heterocycles. The fourth-order valence-electron chi connectivity index (χ4n) is 3.25. The minimum Gasteiger partial charge on any atom is -0.316 e. The molecule has 0 spiro atoms. The molecule has 1 N–H and O–H groups in total. The van der Waals surface area contributed by atoms with Crippen molar-refractivity contribution in [2.24, 2.45) is 5.92 Å². The predicted molar refractivity (Wildman–Crippen MR) is 78.0 cm³/mol. The summed E-state index contributed by atoms with van der Waals surface area (Å²) >= 11 is 0. The van der Waals surface area contributed by atoms with Crippen LogP contribution in [0, 0.1) is 5.92 Å². The second kappa shape index (κ2) is 8.13. The zero-order valence-electron chi connectivity index (χ0n) is 12.2. The first-order valence-electron chi connectivity index (χ1n) is 8.04. The molecule has 0 saturated carbocycles. The summed E-state index contributed by atoms with van der Waals surface area (Å²) < 4.78 is 0. The van der Waals surface area contributed by atoms with Crippen LogP contribution >= 0.6 is 0 Å². The lowest BCUT2D eigenvalue weighted by atomic mass is 9.97.